The van der Waals surface area contributed by atoms with E-state index in [-0.39, 0.29) is 5.75 Å². The maximum atomic E-state index is 12.4. The second-order valence-electron chi connectivity index (χ2n) is 4.04. The average molecular weight is 299 g/mol. The first-order valence-electron chi connectivity index (χ1n) is 5.87. The van der Waals surface area contributed by atoms with Crippen LogP contribution in [-0.4, -0.2) is 6.61 Å². The molecule has 106 valence electrons. The summed E-state index contributed by atoms with van der Waals surface area (Å²) in [4.78, 5) is 0. The minimum atomic E-state index is -2.90. The predicted octanol–water partition coefficient (Wildman–Crippen LogP) is 3.49. The normalized spacial score (nSPS) is 12.4. The van der Waals surface area contributed by atoms with Crippen molar-refractivity contribution in [3.05, 3.63) is 64.7 Å². The Balaban J connectivity index is 2.45. The maximum absolute atomic E-state index is 12.4. The van der Waals surface area contributed by atoms with Crippen LogP contribution in [0.15, 0.2) is 48.5 Å². The lowest BCUT2D eigenvalue weighted by Crippen LogP contribution is -2.29. The van der Waals surface area contributed by atoms with Gasteiger partial charge < -0.3 is 4.74 Å². The van der Waals surface area contributed by atoms with Crippen LogP contribution >= 0.6 is 11.6 Å². The Hall–Kier alpha value is -1.69. The standard InChI is InChI=1S/C14H13ClF2N2O/c15-11-7-3-1-5-9(11)13(19-18)10-6-2-4-8-12(10)20-14(16)17/h1-8,13-14,19H,18H2. The van der Waals surface area contributed by atoms with E-state index in [1.165, 1.54) is 6.07 Å². The molecule has 0 saturated heterocycles. The smallest absolute Gasteiger partial charge is 0.387 e. The molecular formula is C14H13ClF2N2O. The molecule has 6 heteroatoms. The first kappa shape index (κ1) is 14.7. The zero-order chi connectivity index (χ0) is 14.5. The van der Waals surface area contributed by atoms with Crippen LogP contribution in [0.25, 0.3) is 0 Å². The van der Waals surface area contributed by atoms with Gasteiger partial charge in [-0.1, -0.05) is 48.0 Å². The molecular weight excluding hydrogens is 286 g/mol. The summed E-state index contributed by atoms with van der Waals surface area (Å²) in [7, 11) is 0. The van der Waals surface area contributed by atoms with Gasteiger partial charge in [-0.25, -0.2) is 5.43 Å². The molecule has 0 saturated carbocycles. The van der Waals surface area contributed by atoms with Gasteiger partial charge in [-0.2, -0.15) is 8.78 Å². The van der Waals surface area contributed by atoms with Crippen LogP contribution in [0.1, 0.15) is 17.2 Å². The summed E-state index contributed by atoms with van der Waals surface area (Å²) < 4.78 is 29.4. The number of benzene rings is 2. The third-order valence-corrected chi connectivity index (χ3v) is 3.17. The Morgan fingerprint density at radius 3 is 2.20 bits per heavy atom. The molecule has 2 aromatic rings. The molecule has 1 unspecified atom stereocenters. The van der Waals surface area contributed by atoms with Gasteiger partial charge in [0.15, 0.2) is 0 Å². The highest BCUT2D eigenvalue weighted by atomic mass is 35.5. The quantitative estimate of drug-likeness (QED) is 0.656. The summed E-state index contributed by atoms with van der Waals surface area (Å²) in [6.07, 6.45) is 0. The molecule has 1 atom stereocenters. The van der Waals surface area contributed by atoms with Crippen LogP contribution in [0, 0.1) is 0 Å². The molecule has 3 nitrogen and oxygen atoms in total. The third kappa shape index (κ3) is 3.25. The highest BCUT2D eigenvalue weighted by Crippen LogP contribution is 2.33. The van der Waals surface area contributed by atoms with Crippen molar-refractivity contribution in [1.29, 1.82) is 0 Å². The van der Waals surface area contributed by atoms with E-state index in [1.54, 1.807) is 42.5 Å². The second-order valence-corrected chi connectivity index (χ2v) is 4.44. The van der Waals surface area contributed by atoms with Crippen molar-refractivity contribution >= 4 is 11.6 Å². The van der Waals surface area contributed by atoms with Gasteiger partial charge in [0.2, 0.25) is 0 Å². The van der Waals surface area contributed by atoms with E-state index in [0.29, 0.717) is 16.1 Å². The number of rotatable bonds is 5. The van der Waals surface area contributed by atoms with Crippen molar-refractivity contribution in [3.63, 3.8) is 0 Å². The van der Waals surface area contributed by atoms with Crippen molar-refractivity contribution in [2.75, 3.05) is 0 Å². The van der Waals surface area contributed by atoms with E-state index >= 15 is 0 Å². The lowest BCUT2D eigenvalue weighted by molar-refractivity contribution is -0.0506. The van der Waals surface area contributed by atoms with Crippen molar-refractivity contribution < 1.29 is 13.5 Å². The lowest BCUT2D eigenvalue weighted by atomic mass is 9.98. The summed E-state index contributed by atoms with van der Waals surface area (Å²) in [5.41, 5.74) is 3.75. The average Bonchev–Trinajstić information content (AvgIpc) is 2.43. The second kappa shape index (κ2) is 6.65. The van der Waals surface area contributed by atoms with Crippen molar-refractivity contribution in [1.82, 2.24) is 5.43 Å². The van der Waals surface area contributed by atoms with Crippen LogP contribution < -0.4 is 16.0 Å². The summed E-state index contributed by atoms with van der Waals surface area (Å²) in [5.74, 6) is 5.61. The number of hydrogen-bond donors (Lipinski definition) is 2. The summed E-state index contributed by atoms with van der Waals surface area (Å²) >= 11 is 6.12. The Morgan fingerprint density at radius 2 is 1.60 bits per heavy atom. The fourth-order valence-corrected chi connectivity index (χ4v) is 2.22. The Kier molecular flexibility index (Phi) is 4.89. The monoisotopic (exact) mass is 298 g/mol. The molecule has 0 aliphatic heterocycles. The molecule has 0 aliphatic carbocycles. The molecule has 0 amide bonds. The Bertz CT molecular complexity index is 581. The van der Waals surface area contributed by atoms with E-state index in [0.717, 1.165) is 0 Å². The van der Waals surface area contributed by atoms with E-state index in [1.807, 2.05) is 0 Å². The number of nitrogens with one attached hydrogen (secondary N) is 1. The van der Waals surface area contributed by atoms with E-state index in [4.69, 9.17) is 17.4 Å². The molecule has 0 spiro atoms. The molecule has 20 heavy (non-hydrogen) atoms. The molecule has 2 rings (SSSR count). The van der Waals surface area contributed by atoms with Crippen molar-refractivity contribution in [2.45, 2.75) is 12.7 Å². The maximum Gasteiger partial charge on any atom is 0.387 e. The van der Waals surface area contributed by atoms with Gasteiger partial charge in [0, 0.05) is 10.6 Å². The molecule has 0 heterocycles. The van der Waals surface area contributed by atoms with E-state index < -0.39 is 12.7 Å². The fourth-order valence-electron chi connectivity index (χ4n) is 1.98. The van der Waals surface area contributed by atoms with Gasteiger partial charge in [-0.15, -0.1) is 0 Å². The summed E-state index contributed by atoms with van der Waals surface area (Å²) in [6, 6.07) is 13.0. The lowest BCUT2D eigenvalue weighted by Gasteiger charge is -2.21. The van der Waals surface area contributed by atoms with Gasteiger partial charge in [-0.3, -0.25) is 5.84 Å². The van der Waals surface area contributed by atoms with Crippen molar-refractivity contribution in [2.24, 2.45) is 5.84 Å². The van der Waals surface area contributed by atoms with Gasteiger partial charge in [-0.05, 0) is 17.7 Å². The Labute approximate surface area is 120 Å². The van der Waals surface area contributed by atoms with Crippen LogP contribution in [0.5, 0.6) is 5.75 Å². The van der Waals surface area contributed by atoms with Gasteiger partial charge >= 0.3 is 6.61 Å². The van der Waals surface area contributed by atoms with Gasteiger partial charge in [0.05, 0.1) is 6.04 Å². The number of hydrogen-bond acceptors (Lipinski definition) is 3. The van der Waals surface area contributed by atoms with Gasteiger partial charge in [0.1, 0.15) is 5.75 Å². The predicted molar refractivity (Wildman–Crippen MR) is 73.7 cm³/mol. The topological polar surface area (TPSA) is 47.3 Å². The molecule has 3 N–H and O–H groups in total. The zero-order valence-corrected chi connectivity index (χ0v) is 11.1. The zero-order valence-electron chi connectivity index (χ0n) is 10.4. The number of nitrogens with two attached hydrogens (primary N) is 1. The molecule has 0 aliphatic rings. The molecule has 2 aromatic carbocycles. The first-order valence-corrected chi connectivity index (χ1v) is 6.25. The summed E-state index contributed by atoms with van der Waals surface area (Å²) in [5, 5.41) is 0.488. The highest BCUT2D eigenvalue weighted by Gasteiger charge is 2.20. The van der Waals surface area contributed by atoms with Crippen LogP contribution in [0.3, 0.4) is 0 Å². The number of hydrazine groups is 1. The minimum absolute atomic E-state index is 0.0605. The van der Waals surface area contributed by atoms with Crippen LogP contribution in [0.4, 0.5) is 8.78 Å². The minimum Gasteiger partial charge on any atom is -0.434 e. The number of halogens is 3. The SMILES string of the molecule is NNC(c1ccccc1Cl)c1ccccc1OC(F)F. The third-order valence-electron chi connectivity index (χ3n) is 2.83. The number of ether oxygens (including phenoxy) is 1. The van der Waals surface area contributed by atoms with Crippen LogP contribution in [0.2, 0.25) is 5.02 Å². The highest BCUT2D eigenvalue weighted by molar-refractivity contribution is 6.31. The molecule has 0 bridgehead atoms. The summed E-state index contributed by atoms with van der Waals surface area (Å²) in [6.45, 7) is -2.90. The number of alkyl halides is 2. The fraction of sp³-hybridized carbons (Fsp3) is 0.143. The number of para-hydroxylation sites is 1. The van der Waals surface area contributed by atoms with Crippen LogP contribution in [-0.2, 0) is 0 Å². The molecule has 0 fully saturated rings. The molecule has 0 radical (unpaired) electrons. The van der Waals surface area contributed by atoms with Gasteiger partial charge in [0.25, 0.3) is 0 Å². The first-order chi connectivity index (χ1) is 9.63. The van der Waals surface area contributed by atoms with E-state index in [2.05, 4.69) is 10.2 Å². The van der Waals surface area contributed by atoms with Crippen molar-refractivity contribution in [3.8, 4) is 5.75 Å². The molecule has 0 aromatic heterocycles. The van der Waals surface area contributed by atoms with E-state index in [9.17, 15) is 8.78 Å². The largest absolute Gasteiger partial charge is 0.434 e. The Morgan fingerprint density at radius 1 is 1.00 bits per heavy atom.